The largest absolute Gasteiger partial charge is 0.340 e. The molecule has 1 unspecified atom stereocenters. The van der Waals surface area contributed by atoms with Crippen LogP contribution >= 0.6 is 0 Å². The first-order valence-corrected chi connectivity index (χ1v) is 9.55. The van der Waals surface area contributed by atoms with E-state index in [-0.39, 0.29) is 5.92 Å². The molecule has 1 atom stereocenters. The maximum absolute atomic E-state index is 12.7. The Morgan fingerprint density at radius 2 is 1.73 bits per heavy atom. The number of hydrogen-bond donors (Lipinski definition) is 1. The van der Waals surface area contributed by atoms with Crippen LogP contribution in [0.3, 0.4) is 0 Å². The van der Waals surface area contributed by atoms with Crippen LogP contribution in [0.4, 0.5) is 0 Å². The quantitative estimate of drug-likeness (QED) is 0.864. The summed E-state index contributed by atoms with van der Waals surface area (Å²) in [6.45, 7) is 7.16. The van der Waals surface area contributed by atoms with E-state index in [0.717, 1.165) is 45.1 Å². The van der Waals surface area contributed by atoms with Crippen LogP contribution in [0.25, 0.3) is 0 Å². The summed E-state index contributed by atoms with van der Waals surface area (Å²) in [6.07, 6.45) is 10.9. The molecule has 0 bridgehead atoms. The van der Waals surface area contributed by atoms with Gasteiger partial charge < -0.3 is 15.1 Å². The van der Waals surface area contributed by atoms with E-state index in [1.54, 1.807) is 0 Å². The molecular weight excluding hydrogens is 274 g/mol. The molecule has 3 rings (SSSR count). The molecule has 1 aliphatic carbocycles. The molecule has 0 aromatic rings. The van der Waals surface area contributed by atoms with Crippen LogP contribution in [0.5, 0.6) is 0 Å². The number of amides is 1. The first-order chi connectivity index (χ1) is 10.8. The second kappa shape index (κ2) is 8.30. The summed E-state index contributed by atoms with van der Waals surface area (Å²) in [5.74, 6) is 1.64. The fourth-order valence-electron chi connectivity index (χ4n) is 4.44. The van der Waals surface area contributed by atoms with Crippen molar-refractivity contribution in [2.75, 3.05) is 45.8 Å². The van der Waals surface area contributed by atoms with Gasteiger partial charge in [0, 0.05) is 32.7 Å². The van der Waals surface area contributed by atoms with Crippen LogP contribution < -0.4 is 5.32 Å². The molecule has 3 aliphatic rings. The van der Waals surface area contributed by atoms with E-state index in [1.807, 2.05) is 0 Å². The fourth-order valence-corrected chi connectivity index (χ4v) is 4.44. The Bertz CT molecular complexity index is 348. The first-order valence-electron chi connectivity index (χ1n) is 9.55. The summed E-state index contributed by atoms with van der Waals surface area (Å²) < 4.78 is 0. The van der Waals surface area contributed by atoms with Gasteiger partial charge in [0.1, 0.15) is 0 Å². The summed E-state index contributed by atoms with van der Waals surface area (Å²) >= 11 is 0. The predicted molar refractivity (Wildman–Crippen MR) is 89.8 cm³/mol. The predicted octanol–water partition coefficient (Wildman–Crippen LogP) is 2.10. The van der Waals surface area contributed by atoms with Crippen LogP contribution in [-0.2, 0) is 4.79 Å². The highest BCUT2D eigenvalue weighted by atomic mass is 16.2. The molecule has 22 heavy (non-hydrogen) atoms. The summed E-state index contributed by atoms with van der Waals surface area (Å²) in [5, 5.41) is 3.33. The second-order valence-electron chi connectivity index (χ2n) is 7.51. The number of carbonyl (C=O) groups excluding carboxylic acids is 1. The van der Waals surface area contributed by atoms with Crippen molar-refractivity contribution in [2.24, 2.45) is 11.8 Å². The molecule has 126 valence electrons. The number of piperazine rings is 1. The van der Waals surface area contributed by atoms with Crippen LogP contribution in [0.1, 0.15) is 51.4 Å². The number of likely N-dealkylation sites (tertiary alicyclic amines) is 1. The molecule has 4 heteroatoms. The van der Waals surface area contributed by atoms with Crippen molar-refractivity contribution in [3.05, 3.63) is 0 Å². The zero-order chi connectivity index (χ0) is 15.2. The van der Waals surface area contributed by atoms with E-state index in [9.17, 15) is 4.79 Å². The van der Waals surface area contributed by atoms with E-state index in [0.29, 0.717) is 5.91 Å². The van der Waals surface area contributed by atoms with Crippen molar-refractivity contribution in [3.63, 3.8) is 0 Å². The van der Waals surface area contributed by atoms with Crippen LogP contribution in [-0.4, -0.2) is 61.5 Å². The Balaban J connectivity index is 1.43. The molecule has 4 nitrogen and oxygen atoms in total. The fraction of sp³-hybridized carbons (Fsp3) is 0.944. The molecule has 2 aliphatic heterocycles. The molecule has 0 aromatic carbocycles. The third kappa shape index (κ3) is 4.45. The molecule has 2 saturated heterocycles. The van der Waals surface area contributed by atoms with Crippen molar-refractivity contribution in [1.82, 2.24) is 15.1 Å². The van der Waals surface area contributed by atoms with E-state index >= 15 is 0 Å². The van der Waals surface area contributed by atoms with Gasteiger partial charge in [-0.1, -0.05) is 32.1 Å². The van der Waals surface area contributed by atoms with Crippen molar-refractivity contribution >= 4 is 5.91 Å². The lowest BCUT2D eigenvalue weighted by Gasteiger charge is -2.37. The highest BCUT2D eigenvalue weighted by molar-refractivity contribution is 5.79. The van der Waals surface area contributed by atoms with Gasteiger partial charge in [-0.2, -0.15) is 0 Å². The molecule has 0 aromatic heterocycles. The normalized spacial score (nSPS) is 28.7. The Morgan fingerprint density at radius 3 is 2.50 bits per heavy atom. The summed E-state index contributed by atoms with van der Waals surface area (Å²) in [4.78, 5) is 17.3. The van der Waals surface area contributed by atoms with E-state index in [4.69, 9.17) is 0 Å². The molecule has 0 radical (unpaired) electrons. The molecule has 0 spiro atoms. The van der Waals surface area contributed by atoms with E-state index in [1.165, 1.54) is 58.0 Å². The van der Waals surface area contributed by atoms with Crippen molar-refractivity contribution in [1.29, 1.82) is 0 Å². The van der Waals surface area contributed by atoms with E-state index in [2.05, 4.69) is 15.1 Å². The number of rotatable bonds is 4. The lowest BCUT2D eigenvalue weighted by Crippen LogP contribution is -2.51. The van der Waals surface area contributed by atoms with Gasteiger partial charge in [-0.3, -0.25) is 4.79 Å². The highest BCUT2D eigenvalue weighted by Crippen LogP contribution is 2.27. The van der Waals surface area contributed by atoms with Gasteiger partial charge in [-0.15, -0.1) is 0 Å². The molecule has 1 N–H and O–H groups in total. The minimum absolute atomic E-state index is 0.262. The van der Waals surface area contributed by atoms with Gasteiger partial charge in [0.25, 0.3) is 0 Å². The standard InChI is InChI=1S/C18H33N3O/c22-18(21-13-9-19-10-14-21)17-7-4-11-20(15-17)12-8-16-5-2-1-3-6-16/h16-17,19H,1-15H2. The highest BCUT2D eigenvalue weighted by Gasteiger charge is 2.30. The Hall–Kier alpha value is -0.610. The van der Waals surface area contributed by atoms with Gasteiger partial charge >= 0.3 is 0 Å². The topological polar surface area (TPSA) is 35.6 Å². The SMILES string of the molecule is O=C(C1CCCN(CCC2CCCCC2)C1)N1CCNCC1. The third-order valence-electron chi connectivity index (χ3n) is 5.86. The maximum atomic E-state index is 12.7. The molecule has 1 amide bonds. The second-order valence-corrected chi connectivity index (χ2v) is 7.51. The average molecular weight is 307 g/mol. The third-order valence-corrected chi connectivity index (χ3v) is 5.86. The van der Waals surface area contributed by atoms with Crippen LogP contribution in [0, 0.1) is 11.8 Å². The van der Waals surface area contributed by atoms with Crippen molar-refractivity contribution in [2.45, 2.75) is 51.4 Å². The first kappa shape index (κ1) is 16.3. The molecule has 2 heterocycles. The number of nitrogens with one attached hydrogen (secondary N) is 1. The zero-order valence-electron chi connectivity index (χ0n) is 14.1. The van der Waals surface area contributed by atoms with Gasteiger partial charge in [-0.25, -0.2) is 0 Å². The minimum Gasteiger partial charge on any atom is -0.340 e. The Morgan fingerprint density at radius 1 is 0.955 bits per heavy atom. The van der Waals surface area contributed by atoms with Crippen LogP contribution in [0.2, 0.25) is 0 Å². The number of nitrogens with zero attached hydrogens (tertiary/aromatic N) is 2. The summed E-state index contributed by atoms with van der Waals surface area (Å²) in [7, 11) is 0. The van der Waals surface area contributed by atoms with Gasteiger partial charge in [0.2, 0.25) is 5.91 Å². The number of carbonyl (C=O) groups is 1. The smallest absolute Gasteiger partial charge is 0.227 e. The molecular formula is C18H33N3O. The Kier molecular flexibility index (Phi) is 6.13. The average Bonchev–Trinajstić information content (AvgIpc) is 2.61. The molecule has 1 saturated carbocycles. The van der Waals surface area contributed by atoms with Crippen molar-refractivity contribution < 1.29 is 4.79 Å². The van der Waals surface area contributed by atoms with E-state index < -0.39 is 0 Å². The van der Waals surface area contributed by atoms with Crippen molar-refractivity contribution in [3.8, 4) is 0 Å². The summed E-state index contributed by atoms with van der Waals surface area (Å²) in [6, 6.07) is 0. The minimum atomic E-state index is 0.262. The zero-order valence-corrected chi connectivity index (χ0v) is 14.1. The Labute approximate surface area is 135 Å². The lowest BCUT2D eigenvalue weighted by atomic mass is 9.86. The number of piperidine rings is 1. The van der Waals surface area contributed by atoms with Gasteiger partial charge in [0.15, 0.2) is 0 Å². The van der Waals surface area contributed by atoms with Gasteiger partial charge in [0.05, 0.1) is 5.92 Å². The molecule has 3 fully saturated rings. The van der Waals surface area contributed by atoms with Crippen LogP contribution in [0.15, 0.2) is 0 Å². The maximum Gasteiger partial charge on any atom is 0.227 e. The number of hydrogen-bond acceptors (Lipinski definition) is 3. The summed E-state index contributed by atoms with van der Waals surface area (Å²) in [5.41, 5.74) is 0. The monoisotopic (exact) mass is 307 g/mol. The lowest BCUT2D eigenvalue weighted by molar-refractivity contribution is -0.138. The van der Waals surface area contributed by atoms with Gasteiger partial charge in [-0.05, 0) is 38.3 Å².